The topological polar surface area (TPSA) is 121 Å². The van der Waals surface area contributed by atoms with Crippen molar-refractivity contribution < 1.29 is 5.21 Å². The lowest BCUT2D eigenvalue weighted by molar-refractivity contribution is 0.201. The predicted octanol–water partition coefficient (Wildman–Crippen LogP) is 1.11. The smallest absolute Gasteiger partial charge is 0.197 e. The van der Waals surface area contributed by atoms with Gasteiger partial charge in [-0.3, -0.25) is 0 Å². The highest BCUT2D eigenvalue weighted by Gasteiger charge is 2.17. The average molecular weight is 308 g/mol. The van der Waals surface area contributed by atoms with E-state index in [2.05, 4.69) is 25.3 Å². The Morgan fingerprint density at radius 2 is 2.04 bits per heavy atom. The number of rotatable bonds is 2. The summed E-state index contributed by atoms with van der Waals surface area (Å²) in [5.41, 5.74) is 8.62. The van der Waals surface area contributed by atoms with Crippen molar-refractivity contribution in [3.8, 4) is 22.8 Å². The molecule has 23 heavy (non-hydrogen) atoms. The van der Waals surface area contributed by atoms with Crippen molar-refractivity contribution in [1.29, 1.82) is 0 Å². The van der Waals surface area contributed by atoms with E-state index in [0.29, 0.717) is 28.2 Å². The van der Waals surface area contributed by atoms with Gasteiger partial charge in [-0.25, -0.2) is 19.6 Å². The number of hydrogen-bond donors (Lipinski definition) is 2. The first-order chi connectivity index (χ1) is 11.1. The zero-order valence-corrected chi connectivity index (χ0v) is 12.1. The van der Waals surface area contributed by atoms with E-state index in [-0.39, 0.29) is 5.82 Å². The lowest BCUT2D eigenvalue weighted by Crippen LogP contribution is -2.00. The Morgan fingerprint density at radius 1 is 1.17 bits per heavy atom. The van der Waals surface area contributed by atoms with Gasteiger partial charge in [-0.1, -0.05) is 5.21 Å². The summed E-state index contributed by atoms with van der Waals surface area (Å²) in [5, 5.41) is 18.1. The van der Waals surface area contributed by atoms with Crippen molar-refractivity contribution in [3.05, 3.63) is 36.7 Å². The lowest BCUT2D eigenvalue weighted by Gasteiger charge is -2.03. The number of anilines is 1. The van der Waals surface area contributed by atoms with E-state index >= 15 is 0 Å². The molecule has 9 heteroatoms. The summed E-state index contributed by atoms with van der Waals surface area (Å²) in [5.74, 6) is 0.576. The van der Waals surface area contributed by atoms with Crippen LogP contribution < -0.4 is 5.73 Å². The Balaban J connectivity index is 1.92. The Bertz CT molecular complexity index is 1020. The zero-order valence-electron chi connectivity index (χ0n) is 12.1. The van der Waals surface area contributed by atoms with Crippen LogP contribution in [0.5, 0.6) is 0 Å². The van der Waals surface area contributed by atoms with Gasteiger partial charge in [-0.2, -0.15) is 0 Å². The molecule has 0 aliphatic rings. The summed E-state index contributed by atoms with van der Waals surface area (Å²) in [6.45, 7) is 0. The van der Waals surface area contributed by atoms with Crippen LogP contribution in [-0.4, -0.2) is 39.9 Å². The van der Waals surface area contributed by atoms with Crippen molar-refractivity contribution in [2.45, 2.75) is 0 Å². The molecule has 0 fully saturated rings. The molecule has 0 saturated carbocycles. The second-order valence-corrected chi connectivity index (χ2v) is 4.97. The SMILES string of the molecule is Cn1nncc1-c1ccc2nc(-c3cccnc3N)n(O)c2n1. The van der Waals surface area contributed by atoms with Crippen LogP contribution in [0.2, 0.25) is 0 Å². The van der Waals surface area contributed by atoms with Gasteiger partial charge >= 0.3 is 0 Å². The third-order valence-electron chi connectivity index (χ3n) is 3.54. The summed E-state index contributed by atoms with van der Waals surface area (Å²) in [4.78, 5) is 12.8. The van der Waals surface area contributed by atoms with Crippen molar-refractivity contribution >= 4 is 17.0 Å². The summed E-state index contributed by atoms with van der Waals surface area (Å²) >= 11 is 0. The third-order valence-corrected chi connectivity index (χ3v) is 3.54. The van der Waals surface area contributed by atoms with Crippen LogP contribution in [0.3, 0.4) is 0 Å². The van der Waals surface area contributed by atoms with Crippen LogP contribution >= 0.6 is 0 Å². The van der Waals surface area contributed by atoms with Crippen LogP contribution in [0.4, 0.5) is 5.82 Å². The normalized spacial score (nSPS) is 11.2. The van der Waals surface area contributed by atoms with Crippen LogP contribution in [0.15, 0.2) is 36.7 Å². The third kappa shape index (κ3) is 1.98. The molecule has 4 rings (SSSR count). The largest absolute Gasteiger partial charge is 0.425 e. The second-order valence-electron chi connectivity index (χ2n) is 4.97. The highest BCUT2D eigenvalue weighted by Crippen LogP contribution is 2.27. The monoisotopic (exact) mass is 308 g/mol. The molecular weight excluding hydrogens is 296 g/mol. The van der Waals surface area contributed by atoms with Gasteiger partial charge in [0.25, 0.3) is 0 Å². The number of nitrogens with two attached hydrogens (primary N) is 1. The second kappa shape index (κ2) is 4.77. The van der Waals surface area contributed by atoms with Gasteiger partial charge < -0.3 is 10.9 Å². The first kappa shape index (κ1) is 13.2. The molecule has 9 nitrogen and oxygen atoms in total. The number of nitrogen functional groups attached to an aromatic ring is 1. The van der Waals surface area contributed by atoms with Crippen LogP contribution in [0.25, 0.3) is 33.9 Å². The van der Waals surface area contributed by atoms with Crippen LogP contribution in [-0.2, 0) is 7.05 Å². The number of aryl methyl sites for hydroxylation is 1. The fourth-order valence-corrected chi connectivity index (χ4v) is 2.39. The van der Waals surface area contributed by atoms with E-state index < -0.39 is 0 Å². The Labute approximate surface area is 130 Å². The van der Waals surface area contributed by atoms with Crippen molar-refractivity contribution in [2.75, 3.05) is 5.73 Å². The predicted molar refractivity (Wildman–Crippen MR) is 82.4 cm³/mol. The van der Waals surface area contributed by atoms with Crippen LogP contribution in [0, 0.1) is 0 Å². The van der Waals surface area contributed by atoms with E-state index in [4.69, 9.17) is 5.73 Å². The van der Waals surface area contributed by atoms with Gasteiger partial charge in [0.1, 0.15) is 17.0 Å². The van der Waals surface area contributed by atoms with Gasteiger partial charge in [-0.15, -0.1) is 9.83 Å². The van der Waals surface area contributed by atoms with Crippen molar-refractivity contribution in [2.24, 2.45) is 7.05 Å². The van der Waals surface area contributed by atoms with Crippen molar-refractivity contribution in [1.82, 2.24) is 34.7 Å². The quantitative estimate of drug-likeness (QED) is 0.532. The van der Waals surface area contributed by atoms with E-state index in [9.17, 15) is 5.21 Å². The standard InChI is InChI=1S/C14H12N8O/c1-21-11(7-17-20-21)9-4-5-10-14(18-9)22(23)13(19-10)8-3-2-6-16-12(8)15/h2-7,23H,1H3,(H2,15,16). The fraction of sp³-hybridized carbons (Fsp3) is 0.0714. The number of pyridine rings is 2. The fourth-order valence-electron chi connectivity index (χ4n) is 2.39. The number of nitrogens with zero attached hydrogens (tertiary/aromatic N) is 7. The molecule has 0 amide bonds. The maximum atomic E-state index is 10.4. The molecule has 0 unspecified atom stereocenters. The first-order valence-corrected chi connectivity index (χ1v) is 6.80. The zero-order chi connectivity index (χ0) is 16.0. The van der Waals surface area contributed by atoms with E-state index in [0.717, 1.165) is 10.4 Å². The summed E-state index contributed by atoms with van der Waals surface area (Å²) in [6.07, 6.45) is 3.18. The Morgan fingerprint density at radius 3 is 2.78 bits per heavy atom. The average Bonchev–Trinajstić information content (AvgIpc) is 3.12. The molecule has 114 valence electrons. The van der Waals surface area contributed by atoms with E-state index in [1.165, 1.54) is 0 Å². The lowest BCUT2D eigenvalue weighted by atomic mass is 10.2. The maximum Gasteiger partial charge on any atom is 0.197 e. The number of fused-ring (bicyclic) bond motifs is 1. The minimum Gasteiger partial charge on any atom is -0.425 e. The van der Waals surface area contributed by atoms with Gasteiger partial charge in [0, 0.05) is 13.2 Å². The Hall–Kier alpha value is -3.49. The molecule has 0 radical (unpaired) electrons. The van der Waals surface area contributed by atoms with Gasteiger partial charge in [-0.05, 0) is 24.3 Å². The molecule has 4 aromatic heterocycles. The molecule has 4 heterocycles. The minimum absolute atomic E-state index is 0.286. The molecule has 0 bridgehead atoms. The summed E-state index contributed by atoms with van der Waals surface area (Å²) in [6, 6.07) is 7.03. The maximum absolute atomic E-state index is 10.4. The molecule has 0 aliphatic heterocycles. The minimum atomic E-state index is 0.286. The van der Waals surface area contributed by atoms with Gasteiger partial charge in [0.05, 0.1) is 17.5 Å². The van der Waals surface area contributed by atoms with Gasteiger partial charge in [0.15, 0.2) is 11.5 Å². The summed E-state index contributed by atoms with van der Waals surface area (Å²) < 4.78 is 2.52. The molecule has 0 atom stereocenters. The summed E-state index contributed by atoms with van der Waals surface area (Å²) in [7, 11) is 1.77. The molecule has 0 saturated heterocycles. The number of hydrogen-bond acceptors (Lipinski definition) is 7. The highest BCUT2D eigenvalue weighted by atomic mass is 16.5. The first-order valence-electron chi connectivity index (χ1n) is 6.80. The molecule has 0 aliphatic carbocycles. The number of imidazole rings is 1. The van der Waals surface area contributed by atoms with Crippen molar-refractivity contribution in [3.63, 3.8) is 0 Å². The highest BCUT2D eigenvalue weighted by molar-refractivity contribution is 5.81. The molecule has 0 aromatic carbocycles. The molecule has 3 N–H and O–H groups in total. The van der Waals surface area contributed by atoms with Crippen LogP contribution in [0.1, 0.15) is 0 Å². The number of aromatic nitrogens is 7. The van der Waals surface area contributed by atoms with E-state index in [1.54, 1.807) is 48.4 Å². The van der Waals surface area contributed by atoms with Gasteiger partial charge in [0.2, 0.25) is 0 Å². The van der Waals surface area contributed by atoms with E-state index in [1.807, 2.05) is 0 Å². The molecule has 4 aromatic rings. The Kier molecular flexibility index (Phi) is 2.73. The molecule has 0 spiro atoms. The molecular formula is C14H12N8O.